The lowest BCUT2D eigenvalue weighted by atomic mass is 10.1. The van der Waals surface area contributed by atoms with Crippen LogP contribution in [0.25, 0.3) is 0 Å². The Kier molecular flexibility index (Phi) is 4.99. The summed E-state index contributed by atoms with van der Waals surface area (Å²) < 4.78 is 10.8. The van der Waals surface area contributed by atoms with Crippen molar-refractivity contribution < 1.29 is 9.47 Å². The topological polar surface area (TPSA) is 54.3 Å². The van der Waals surface area contributed by atoms with Crippen molar-refractivity contribution in [3.63, 3.8) is 0 Å². The lowest BCUT2D eigenvalue weighted by Gasteiger charge is -2.20. The molecule has 0 radical (unpaired) electrons. The summed E-state index contributed by atoms with van der Waals surface area (Å²) in [6, 6.07) is 7.22. The predicted octanol–water partition coefficient (Wildman–Crippen LogP) is 2.33. The van der Waals surface area contributed by atoms with Gasteiger partial charge >= 0.3 is 0 Å². The molecule has 0 aliphatic heterocycles. The molecule has 0 aromatic heterocycles. The van der Waals surface area contributed by atoms with Crippen LogP contribution in [0.4, 0.5) is 0 Å². The van der Waals surface area contributed by atoms with E-state index in [0.717, 1.165) is 6.54 Å². The Morgan fingerprint density at radius 2 is 2.00 bits per heavy atom. The molecule has 0 amide bonds. The van der Waals surface area contributed by atoms with Crippen LogP contribution in [0.5, 0.6) is 11.5 Å². The van der Waals surface area contributed by atoms with E-state index in [9.17, 15) is 0 Å². The van der Waals surface area contributed by atoms with Crippen molar-refractivity contribution in [3.05, 3.63) is 23.8 Å². The molecule has 18 heavy (non-hydrogen) atoms. The SMILES string of the molecule is COc1cc(C#N)ccc1OCCNC(C)(C)C. The Hall–Kier alpha value is -1.73. The quantitative estimate of drug-likeness (QED) is 0.813. The second kappa shape index (κ2) is 6.27. The van der Waals surface area contributed by atoms with Crippen LogP contribution in [0.15, 0.2) is 18.2 Å². The summed E-state index contributed by atoms with van der Waals surface area (Å²) in [5, 5.41) is 12.1. The number of methoxy groups -OCH3 is 1. The van der Waals surface area contributed by atoms with Crippen LogP contribution in [-0.4, -0.2) is 25.8 Å². The van der Waals surface area contributed by atoms with Gasteiger partial charge in [-0.1, -0.05) is 0 Å². The molecule has 0 fully saturated rings. The zero-order valence-electron chi connectivity index (χ0n) is 11.4. The lowest BCUT2D eigenvalue weighted by molar-refractivity contribution is 0.276. The molecule has 0 aliphatic rings. The van der Waals surface area contributed by atoms with Gasteiger partial charge in [-0.25, -0.2) is 0 Å². The van der Waals surface area contributed by atoms with Crippen molar-refractivity contribution in [3.8, 4) is 17.6 Å². The van der Waals surface area contributed by atoms with Crippen LogP contribution in [-0.2, 0) is 0 Å². The Balaban J connectivity index is 2.55. The van der Waals surface area contributed by atoms with E-state index in [1.807, 2.05) is 0 Å². The fourth-order valence-electron chi connectivity index (χ4n) is 1.44. The second-order valence-electron chi connectivity index (χ2n) is 5.00. The summed E-state index contributed by atoms with van der Waals surface area (Å²) in [5.41, 5.74) is 0.644. The van der Waals surface area contributed by atoms with Gasteiger partial charge < -0.3 is 14.8 Å². The van der Waals surface area contributed by atoms with Gasteiger partial charge in [0.15, 0.2) is 11.5 Å². The van der Waals surface area contributed by atoms with Crippen molar-refractivity contribution >= 4 is 0 Å². The van der Waals surface area contributed by atoms with Gasteiger partial charge in [-0.3, -0.25) is 0 Å². The van der Waals surface area contributed by atoms with Gasteiger partial charge in [0.05, 0.1) is 18.7 Å². The fourth-order valence-corrected chi connectivity index (χ4v) is 1.44. The van der Waals surface area contributed by atoms with Gasteiger partial charge in [0.2, 0.25) is 0 Å². The highest BCUT2D eigenvalue weighted by atomic mass is 16.5. The normalized spacial score (nSPS) is 10.8. The van der Waals surface area contributed by atoms with E-state index >= 15 is 0 Å². The fraction of sp³-hybridized carbons (Fsp3) is 0.500. The van der Waals surface area contributed by atoms with Crippen LogP contribution in [0, 0.1) is 11.3 Å². The number of ether oxygens (including phenoxy) is 2. The highest BCUT2D eigenvalue weighted by Gasteiger charge is 2.09. The first-order chi connectivity index (χ1) is 8.46. The minimum atomic E-state index is 0.0815. The minimum absolute atomic E-state index is 0.0815. The Labute approximate surface area is 109 Å². The smallest absolute Gasteiger partial charge is 0.162 e. The van der Waals surface area contributed by atoms with Crippen molar-refractivity contribution in [2.24, 2.45) is 0 Å². The maximum atomic E-state index is 8.80. The summed E-state index contributed by atoms with van der Waals surface area (Å²) >= 11 is 0. The highest BCUT2D eigenvalue weighted by molar-refractivity contribution is 5.46. The molecule has 4 nitrogen and oxygen atoms in total. The Morgan fingerprint density at radius 3 is 2.56 bits per heavy atom. The molecule has 0 unspecified atom stereocenters. The van der Waals surface area contributed by atoms with Crippen molar-refractivity contribution in [2.75, 3.05) is 20.3 Å². The van der Waals surface area contributed by atoms with Gasteiger partial charge in [-0.15, -0.1) is 0 Å². The summed E-state index contributed by atoms with van der Waals surface area (Å²) in [6.07, 6.45) is 0. The third-order valence-electron chi connectivity index (χ3n) is 2.31. The third-order valence-corrected chi connectivity index (χ3v) is 2.31. The molecule has 1 rings (SSSR count). The van der Waals surface area contributed by atoms with Gasteiger partial charge in [-0.2, -0.15) is 5.26 Å². The van der Waals surface area contributed by atoms with Crippen molar-refractivity contribution in [2.45, 2.75) is 26.3 Å². The first-order valence-electron chi connectivity index (χ1n) is 5.92. The number of rotatable bonds is 5. The molecule has 1 aromatic carbocycles. The molecule has 1 aromatic rings. The third kappa shape index (κ3) is 4.64. The number of hydrogen-bond acceptors (Lipinski definition) is 4. The number of hydrogen-bond donors (Lipinski definition) is 1. The molecule has 1 N–H and O–H groups in total. The first kappa shape index (κ1) is 14.3. The summed E-state index contributed by atoms with van der Waals surface area (Å²) in [4.78, 5) is 0. The highest BCUT2D eigenvalue weighted by Crippen LogP contribution is 2.27. The molecule has 0 atom stereocenters. The summed E-state index contributed by atoms with van der Waals surface area (Å²) in [7, 11) is 1.57. The van der Waals surface area contributed by atoms with E-state index in [1.54, 1.807) is 25.3 Å². The van der Waals surface area contributed by atoms with E-state index in [2.05, 4.69) is 32.2 Å². The summed E-state index contributed by atoms with van der Waals surface area (Å²) in [6.45, 7) is 7.63. The molecule has 0 spiro atoms. The number of benzene rings is 1. The molecular formula is C14H20N2O2. The van der Waals surface area contributed by atoms with Gasteiger partial charge in [-0.05, 0) is 32.9 Å². The number of nitrogens with one attached hydrogen (secondary N) is 1. The standard InChI is InChI=1S/C14H20N2O2/c1-14(2,3)16-7-8-18-12-6-5-11(10-15)9-13(12)17-4/h5-6,9,16H,7-8H2,1-4H3. The van der Waals surface area contributed by atoms with Crippen LogP contribution >= 0.6 is 0 Å². The van der Waals surface area contributed by atoms with Gasteiger partial charge in [0, 0.05) is 18.2 Å². The monoisotopic (exact) mass is 248 g/mol. The molecule has 0 aliphatic carbocycles. The first-order valence-corrected chi connectivity index (χ1v) is 5.92. The predicted molar refractivity (Wildman–Crippen MR) is 71.0 cm³/mol. The molecule has 0 bridgehead atoms. The van der Waals surface area contributed by atoms with Crippen LogP contribution in [0.1, 0.15) is 26.3 Å². The van der Waals surface area contributed by atoms with Crippen LogP contribution in [0.3, 0.4) is 0 Å². The maximum absolute atomic E-state index is 8.80. The minimum Gasteiger partial charge on any atom is -0.493 e. The number of nitrogens with zero attached hydrogens (tertiary/aromatic N) is 1. The van der Waals surface area contributed by atoms with Crippen LogP contribution < -0.4 is 14.8 Å². The lowest BCUT2D eigenvalue weighted by Crippen LogP contribution is -2.38. The maximum Gasteiger partial charge on any atom is 0.162 e. The summed E-state index contributed by atoms with van der Waals surface area (Å²) in [5.74, 6) is 1.25. The zero-order chi connectivity index (χ0) is 13.6. The van der Waals surface area contributed by atoms with E-state index < -0.39 is 0 Å². The Bertz CT molecular complexity index is 430. The van der Waals surface area contributed by atoms with E-state index in [-0.39, 0.29) is 5.54 Å². The van der Waals surface area contributed by atoms with Gasteiger partial charge in [0.1, 0.15) is 6.61 Å². The van der Waals surface area contributed by atoms with E-state index in [4.69, 9.17) is 14.7 Å². The molecule has 0 heterocycles. The molecule has 98 valence electrons. The Morgan fingerprint density at radius 1 is 1.28 bits per heavy atom. The van der Waals surface area contributed by atoms with Crippen molar-refractivity contribution in [1.29, 1.82) is 5.26 Å². The number of nitriles is 1. The molecule has 4 heteroatoms. The van der Waals surface area contributed by atoms with Gasteiger partial charge in [0.25, 0.3) is 0 Å². The molecule has 0 saturated heterocycles. The second-order valence-corrected chi connectivity index (χ2v) is 5.00. The van der Waals surface area contributed by atoms with Crippen molar-refractivity contribution in [1.82, 2.24) is 5.32 Å². The molecular weight excluding hydrogens is 228 g/mol. The largest absolute Gasteiger partial charge is 0.493 e. The average Bonchev–Trinajstić information content (AvgIpc) is 2.33. The van der Waals surface area contributed by atoms with E-state index in [1.165, 1.54) is 0 Å². The van der Waals surface area contributed by atoms with E-state index in [0.29, 0.717) is 23.7 Å². The average molecular weight is 248 g/mol. The van der Waals surface area contributed by atoms with Crippen LogP contribution in [0.2, 0.25) is 0 Å². The molecule has 0 saturated carbocycles. The zero-order valence-corrected chi connectivity index (χ0v) is 11.4.